The van der Waals surface area contributed by atoms with Gasteiger partial charge in [0.15, 0.2) is 6.61 Å². The van der Waals surface area contributed by atoms with Crippen molar-refractivity contribution in [3.63, 3.8) is 0 Å². The Balaban J connectivity index is 2.11. The molecule has 0 spiro atoms. The smallest absolute Gasteiger partial charge is 0.258 e. The number of fused-ring (bicyclic) bond motifs is 1. The Kier molecular flexibility index (Phi) is 4.68. The minimum atomic E-state index is -0.235. The average Bonchev–Trinajstić information content (AvgIpc) is 2.46. The highest BCUT2D eigenvalue weighted by Gasteiger charge is 2.18. The van der Waals surface area contributed by atoms with Gasteiger partial charge in [-0.05, 0) is 44.5 Å². The molecule has 0 aliphatic rings. The van der Waals surface area contributed by atoms with Crippen molar-refractivity contribution in [1.29, 1.82) is 0 Å². The first kappa shape index (κ1) is 15.6. The fraction of sp³-hybridized carbons (Fsp3) is 0.375. The third kappa shape index (κ3) is 3.85. The van der Waals surface area contributed by atoms with Crippen LogP contribution in [0.3, 0.4) is 0 Å². The maximum Gasteiger partial charge on any atom is 0.258 e. The van der Waals surface area contributed by atoms with Crippen molar-refractivity contribution in [3.8, 4) is 5.75 Å². The lowest BCUT2D eigenvalue weighted by atomic mass is 10.0. The predicted molar refractivity (Wildman–Crippen MR) is 84.8 cm³/mol. The fourth-order valence-electron chi connectivity index (χ4n) is 1.87. The van der Waals surface area contributed by atoms with Crippen molar-refractivity contribution >= 4 is 28.4 Å². The third-order valence-electron chi connectivity index (χ3n) is 3.40. The number of nitrogens with one attached hydrogen (secondary N) is 1. The zero-order chi connectivity index (χ0) is 15.5. The van der Waals surface area contributed by atoms with Crippen molar-refractivity contribution in [1.82, 2.24) is 10.3 Å². The summed E-state index contributed by atoms with van der Waals surface area (Å²) in [7, 11) is 0. The Hall–Kier alpha value is -1.81. The van der Waals surface area contributed by atoms with E-state index in [1.807, 2.05) is 32.9 Å². The molecule has 0 aliphatic heterocycles. The second-order valence-electron chi connectivity index (χ2n) is 5.52. The second-order valence-corrected chi connectivity index (χ2v) is 5.93. The van der Waals surface area contributed by atoms with Crippen LogP contribution in [0.4, 0.5) is 0 Å². The number of hydrogen-bond acceptors (Lipinski definition) is 3. The number of hydrogen-bond donors (Lipinski definition) is 1. The molecule has 0 unspecified atom stereocenters. The summed E-state index contributed by atoms with van der Waals surface area (Å²) in [6.07, 6.45) is 2.52. The van der Waals surface area contributed by atoms with Gasteiger partial charge in [-0.3, -0.25) is 9.78 Å². The number of rotatable bonds is 5. The molecule has 0 saturated heterocycles. The first-order valence-electron chi connectivity index (χ1n) is 6.90. The number of aromatic nitrogens is 1. The van der Waals surface area contributed by atoms with Gasteiger partial charge in [-0.2, -0.15) is 0 Å². The zero-order valence-corrected chi connectivity index (χ0v) is 13.2. The van der Waals surface area contributed by atoms with Crippen LogP contribution in [-0.2, 0) is 4.79 Å². The Morgan fingerprint density at radius 3 is 2.86 bits per heavy atom. The maximum atomic E-state index is 11.9. The van der Waals surface area contributed by atoms with Crippen LogP contribution in [-0.4, -0.2) is 23.0 Å². The van der Waals surface area contributed by atoms with Crippen LogP contribution in [0.5, 0.6) is 5.75 Å². The quantitative estimate of drug-likeness (QED) is 0.918. The molecule has 0 saturated carbocycles. The van der Waals surface area contributed by atoms with Gasteiger partial charge in [0.2, 0.25) is 0 Å². The Morgan fingerprint density at radius 2 is 2.14 bits per heavy atom. The molecule has 1 aromatic heterocycles. The van der Waals surface area contributed by atoms with Crippen LogP contribution in [0.15, 0.2) is 30.5 Å². The number of nitrogens with zero attached hydrogens (tertiary/aromatic N) is 1. The Bertz CT molecular complexity index is 656. The molecule has 0 bridgehead atoms. The summed E-state index contributed by atoms with van der Waals surface area (Å²) in [5, 5.41) is 4.35. The number of ether oxygens (including phenoxy) is 1. The molecule has 1 N–H and O–H groups in total. The van der Waals surface area contributed by atoms with E-state index >= 15 is 0 Å². The topological polar surface area (TPSA) is 51.2 Å². The van der Waals surface area contributed by atoms with Crippen LogP contribution in [0, 0.1) is 0 Å². The van der Waals surface area contributed by atoms with E-state index in [-0.39, 0.29) is 18.1 Å². The van der Waals surface area contributed by atoms with Gasteiger partial charge in [0.25, 0.3) is 5.91 Å². The van der Waals surface area contributed by atoms with Crippen molar-refractivity contribution in [2.75, 3.05) is 6.61 Å². The molecule has 2 aromatic rings. The highest BCUT2D eigenvalue weighted by Crippen LogP contribution is 2.29. The average molecular weight is 307 g/mol. The van der Waals surface area contributed by atoms with Gasteiger partial charge in [-0.15, -0.1) is 0 Å². The minimum absolute atomic E-state index is 0.0449. The molecule has 0 atom stereocenters. The number of pyridine rings is 1. The molecule has 112 valence electrons. The van der Waals surface area contributed by atoms with Crippen LogP contribution >= 0.6 is 11.6 Å². The molecule has 4 nitrogen and oxygen atoms in total. The lowest BCUT2D eigenvalue weighted by molar-refractivity contribution is -0.124. The first-order valence-corrected chi connectivity index (χ1v) is 7.28. The maximum absolute atomic E-state index is 11.9. The number of carbonyl (C=O) groups is 1. The van der Waals surface area contributed by atoms with Gasteiger partial charge in [0, 0.05) is 17.1 Å². The van der Waals surface area contributed by atoms with Crippen LogP contribution in [0.2, 0.25) is 5.02 Å². The zero-order valence-electron chi connectivity index (χ0n) is 12.4. The van der Waals surface area contributed by atoms with Crippen molar-refractivity contribution in [3.05, 3.63) is 35.5 Å². The molecule has 1 heterocycles. The number of amides is 1. The van der Waals surface area contributed by atoms with E-state index in [2.05, 4.69) is 10.3 Å². The lowest BCUT2D eigenvalue weighted by Gasteiger charge is -2.24. The van der Waals surface area contributed by atoms with Gasteiger partial charge in [0.1, 0.15) is 11.3 Å². The fourth-order valence-corrected chi connectivity index (χ4v) is 2.09. The van der Waals surface area contributed by atoms with Gasteiger partial charge >= 0.3 is 0 Å². The van der Waals surface area contributed by atoms with Crippen LogP contribution in [0.1, 0.15) is 27.2 Å². The summed E-state index contributed by atoms with van der Waals surface area (Å²) < 4.78 is 5.59. The molecule has 5 heteroatoms. The Labute approximate surface area is 129 Å². The molecule has 2 rings (SSSR count). The second kappa shape index (κ2) is 6.31. The monoisotopic (exact) mass is 306 g/mol. The largest absolute Gasteiger partial charge is 0.481 e. The summed E-state index contributed by atoms with van der Waals surface area (Å²) in [4.78, 5) is 16.2. The van der Waals surface area contributed by atoms with Crippen molar-refractivity contribution in [2.24, 2.45) is 0 Å². The molecule has 0 fully saturated rings. The van der Waals surface area contributed by atoms with E-state index in [9.17, 15) is 4.79 Å². The van der Waals surface area contributed by atoms with E-state index in [0.29, 0.717) is 16.3 Å². The van der Waals surface area contributed by atoms with Crippen molar-refractivity contribution in [2.45, 2.75) is 32.7 Å². The summed E-state index contributed by atoms with van der Waals surface area (Å²) in [6.45, 7) is 5.93. The van der Waals surface area contributed by atoms with Gasteiger partial charge in [0.05, 0.1) is 5.02 Å². The molecule has 0 radical (unpaired) electrons. The molecule has 21 heavy (non-hydrogen) atoms. The molecular weight excluding hydrogens is 288 g/mol. The van der Waals surface area contributed by atoms with Gasteiger partial charge in [-0.25, -0.2) is 0 Å². The standard InChI is InChI=1S/C16H19ClN2O2/c1-4-16(2,3)19-14(20)10-21-13-8-7-12(17)11-6-5-9-18-15(11)13/h5-9H,4,10H2,1-3H3,(H,19,20). The van der Waals surface area contributed by atoms with E-state index in [1.165, 1.54) is 0 Å². The third-order valence-corrected chi connectivity index (χ3v) is 3.73. The van der Waals surface area contributed by atoms with Crippen LogP contribution < -0.4 is 10.1 Å². The molecule has 0 aliphatic carbocycles. The van der Waals surface area contributed by atoms with E-state index in [4.69, 9.17) is 16.3 Å². The minimum Gasteiger partial charge on any atom is -0.481 e. The van der Waals surface area contributed by atoms with E-state index in [1.54, 1.807) is 18.3 Å². The predicted octanol–water partition coefficient (Wildman–Crippen LogP) is 3.57. The number of halogens is 1. The van der Waals surface area contributed by atoms with E-state index in [0.717, 1.165) is 11.8 Å². The molecule has 1 aromatic carbocycles. The lowest BCUT2D eigenvalue weighted by Crippen LogP contribution is -2.44. The highest BCUT2D eigenvalue weighted by molar-refractivity contribution is 6.35. The first-order chi connectivity index (χ1) is 9.93. The highest BCUT2D eigenvalue weighted by atomic mass is 35.5. The summed E-state index contributed by atoms with van der Waals surface area (Å²) in [5.41, 5.74) is 0.424. The molecule has 1 amide bonds. The van der Waals surface area contributed by atoms with Crippen LogP contribution in [0.25, 0.3) is 10.9 Å². The molecular formula is C16H19ClN2O2. The summed E-state index contributed by atoms with van der Waals surface area (Å²) in [5.74, 6) is 0.403. The number of benzene rings is 1. The summed E-state index contributed by atoms with van der Waals surface area (Å²) in [6, 6.07) is 7.16. The number of carbonyl (C=O) groups excluding carboxylic acids is 1. The Morgan fingerprint density at radius 1 is 1.38 bits per heavy atom. The van der Waals surface area contributed by atoms with Gasteiger partial charge in [-0.1, -0.05) is 18.5 Å². The van der Waals surface area contributed by atoms with Gasteiger partial charge < -0.3 is 10.1 Å². The normalized spacial score (nSPS) is 11.4. The van der Waals surface area contributed by atoms with Crippen molar-refractivity contribution < 1.29 is 9.53 Å². The summed E-state index contributed by atoms with van der Waals surface area (Å²) >= 11 is 6.12. The SMILES string of the molecule is CCC(C)(C)NC(=O)COc1ccc(Cl)c2cccnc12. The van der Waals surface area contributed by atoms with E-state index < -0.39 is 0 Å².